The van der Waals surface area contributed by atoms with Gasteiger partial charge in [0.1, 0.15) is 18.1 Å². The lowest BCUT2D eigenvalue weighted by molar-refractivity contribution is -0.0236. The topological polar surface area (TPSA) is 103 Å². The molecule has 0 bridgehead atoms. The molecule has 0 amide bonds. The van der Waals surface area contributed by atoms with Crippen molar-refractivity contribution in [2.75, 3.05) is 112 Å². The Labute approximate surface area is 266 Å². The highest BCUT2D eigenvalue weighted by Gasteiger charge is 1.97. The van der Waals surface area contributed by atoms with Gasteiger partial charge in [0.15, 0.2) is 0 Å². The first-order valence-corrected chi connectivity index (χ1v) is 16.9. The average molecular weight is 631 g/mol. The molecular weight excluding hydrogens is 568 g/mol. The van der Waals surface area contributed by atoms with E-state index in [0.717, 1.165) is 13.0 Å². The van der Waals surface area contributed by atoms with Crippen molar-refractivity contribution in [2.24, 2.45) is 0 Å². The van der Waals surface area contributed by atoms with Gasteiger partial charge in [0.2, 0.25) is 0 Å². The Morgan fingerprint density at radius 2 is 0.659 bits per heavy atom. The van der Waals surface area contributed by atoms with Crippen molar-refractivity contribution in [1.82, 2.24) is 0 Å². The zero-order valence-electron chi connectivity index (χ0n) is 27.5. The van der Waals surface area contributed by atoms with Gasteiger partial charge in [-0.1, -0.05) is 64.7 Å². The van der Waals surface area contributed by atoms with Crippen LogP contribution in [0.4, 0.5) is 0 Å². The highest BCUT2D eigenvalue weighted by molar-refractivity contribution is 5.29. The molecule has 0 saturated carbocycles. The third kappa shape index (κ3) is 30.5. The van der Waals surface area contributed by atoms with Gasteiger partial charge in [-0.2, -0.15) is 0 Å². The molecule has 1 rings (SSSR count). The molecule has 0 spiro atoms. The standard InChI is InChI=1S/C34H62O10/c1-2-3-4-5-6-7-8-9-10-11-16-36-17-18-37-19-20-38-21-22-39-23-24-40-25-26-41-27-28-42-29-30-43-31-32-44-34-14-12-33(35)13-15-34/h12-15,35H,2-11,16-32H2,1H3. The van der Waals surface area contributed by atoms with Gasteiger partial charge in [-0.05, 0) is 30.7 Å². The second-order valence-corrected chi connectivity index (χ2v) is 10.4. The molecule has 10 heteroatoms. The quantitative estimate of drug-likeness (QED) is 0.0912. The summed E-state index contributed by atoms with van der Waals surface area (Å²) < 4.78 is 49.6. The number of rotatable bonds is 36. The van der Waals surface area contributed by atoms with Crippen molar-refractivity contribution in [1.29, 1.82) is 0 Å². The second kappa shape index (κ2) is 34.4. The van der Waals surface area contributed by atoms with Crippen LogP contribution in [0.2, 0.25) is 0 Å². The third-order valence-corrected chi connectivity index (χ3v) is 6.58. The first-order valence-electron chi connectivity index (χ1n) is 16.9. The van der Waals surface area contributed by atoms with Crippen LogP contribution in [0.5, 0.6) is 11.5 Å². The summed E-state index contributed by atoms with van der Waals surface area (Å²) in [7, 11) is 0. The summed E-state index contributed by atoms with van der Waals surface area (Å²) in [5.41, 5.74) is 0. The maximum Gasteiger partial charge on any atom is 0.119 e. The Morgan fingerprint density at radius 1 is 0.364 bits per heavy atom. The molecule has 0 aromatic heterocycles. The molecule has 1 aromatic carbocycles. The second-order valence-electron chi connectivity index (χ2n) is 10.4. The van der Waals surface area contributed by atoms with Crippen molar-refractivity contribution >= 4 is 0 Å². The molecule has 0 atom stereocenters. The predicted molar refractivity (Wildman–Crippen MR) is 172 cm³/mol. The van der Waals surface area contributed by atoms with Crippen LogP contribution in [0.3, 0.4) is 0 Å². The maximum atomic E-state index is 9.23. The molecule has 44 heavy (non-hydrogen) atoms. The molecule has 0 aliphatic heterocycles. The van der Waals surface area contributed by atoms with Crippen LogP contribution in [-0.2, 0) is 37.9 Å². The zero-order chi connectivity index (χ0) is 31.4. The molecule has 0 fully saturated rings. The van der Waals surface area contributed by atoms with E-state index < -0.39 is 0 Å². The van der Waals surface area contributed by atoms with Crippen LogP contribution < -0.4 is 4.74 Å². The normalized spacial score (nSPS) is 11.4. The third-order valence-electron chi connectivity index (χ3n) is 6.58. The Morgan fingerprint density at radius 3 is 1.02 bits per heavy atom. The van der Waals surface area contributed by atoms with E-state index in [9.17, 15) is 5.11 Å². The lowest BCUT2D eigenvalue weighted by atomic mass is 10.1. The molecule has 1 N–H and O–H groups in total. The largest absolute Gasteiger partial charge is 0.508 e. The number of unbranched alkanes of at least 4 members (excludes halogenated alkanes) is 9. The number of hydrogen-bond donors (Lipinski definition) is 1. The number of phenols is 1. The summed E-state index contributed by atoms with van der Waals surface area (Å²) in [6.07, 6.45) is 13.4. The first kappa shape index (κ1) is 40.5. The maximum absolute atomic E-state index is 9.23. The number of hydrogen-bond acceptors (Lipinski definition) is 10. The van der Waals surface area contributed by atoms with Gasteiger partial charge in [0, 0.05) is 6.61 Å². The summed E-state index contributed by atoms with van der Waals surface area (Å²) in [6.45, 7) is 11.6. The van der Waals surface area contributed by atoms with Gasteiger partial charge in [-0.25, -0.2) is 0 Å². The van der Waals surface area contributed by atoms with Gasteiger partial charge in [0.05, 0.1) is 99.1 Å². The highest BCUT2D eigenvalue weighted by atomic mass is 16.6. The highest BCUT2D eigenvalue weighted by Crippen LogP contribution is 2.15. The molecule has 0 radical (unpaired) electrons. The lowest BCUT2D eigenvalue weighted by Gasteiger charge is -2.09. The molecule has 0 heterocycles. The Kier molecular flexibility index (Phi) is 31.7. The Bertz CT molecular complexity index is 677. The summed E-state index contributed by atoms with van der Waals surface area (Å²) in [4.78, 5) is 0. The molecule has 258 valence electrons. The first-order chi connectivity index (χ1) is 21.8. The Hall–Kier alpha value is -1.50. The fraction of sp³-hybridized carbons (Fsp3) is 0.824. The zero-order valence-corrected chi connectivity index (χ0v) is 27.5. The van der Waals surface area contributed by atoms with E-state index in [1.807, 2.05) is 0 Å². The number of ether oxygens (including phenoxy) is 9. The van der Waals surface area contributed by atoms with Crippen molar-refractivity contribution < 1.29 is 47.7 Å². The van der Waals surface area contributed by atoms with E-state index in [4.69, 9.17) is 42.6 Å². The van der Waals surface area contributed by atoms with E-state index in [-0.39, 0.29) is 5.75 Å². The molecular formula is C34H62O10. The van der Waals surface area contributed by atoms with Crippen LogP contribution in [0.25, 0.3) is 0 Å². The number of benzene rings is 1. The van der Waals surface area contributed by atoms with Gasteiger partial charge >= 0.3 is 0 Å². The summed E-state index contributed by atoms with van der Waals surface area (Å²) in [5, 5.41) is 9.23. The van der Waals surface area contributed by atoms with E-state index in [2.05, 4.69) is 6.92 Å². The van der Waals surface area contributed by atoms with E-state index >= 15 is 0 Å². The van der Waals surface area contributed by atoms with Crippen molar-refractivity contribution in [3.8, 4) is 11.5 Å². The SMILES string of the molecule is CCCCCCCCCCCCOCCOCCOCCOCCOCCOCCOCCOCCOc1ccc(O)cc1. The molecule has 0 saturated heterocycles. The van der Waals surface area contributed by atoms with Crippen LogP contribution in [0.15, 0.2) is 24.3 Å². The van der Waals surface area contributed by atoms with E-state index in [1.165, 1.54) is 57.8 Å². The lowest BCUT2D eigenvalue weighted by Crippen LogP contribution is -2.15. The van der Waals surface area contributed by atoms with Crippen LogP contribution >= 0.6 is 0 Å². The fourth-order valence-corrected chi connectivity index (χ4v) is 4.09. The van der Waals surface area contributed by atoms with E-state index in [0.29, 0.717) is 111 Å². The minimum absolute atomic E-state index is 0.216. The summed E-state index contributed by atoms with van der Waals surface area (Å²) >= 11 is 0. The van der Waals surface area contributed by atoms with Crippen molar-refractivity contribution in [2.45, 2.75) is 71.1 Å². The number of aromatic hydroxyl groups is 1. The summed E-state index contributed by atoms with van der Waals surface area (Å²) in [5.74, 6) is 0.915. The molecule has 1 aromatic rings. The van der Waals surface area contributed by atoms with Gasteiger partial charge in [-0.3, -0.25) is 0 Å². The minimum Gasteiger partial charge on any atom is -0.508 e. The minimum atomic E-state index is 0.216. The molecule has 0 aliphatic carbocycles. The fourth-order valence-electron chi connectivity index (χ4n) is 4.09. The molecule has 0 aliphatic rings. The predicted octanol–water partition coefficient (Wildman–Crippen LogP) is 5.82. The van der Waals surface area contributed by atoms with Crippen molar-refractivity contribution in [3.63, 3.8) is 0 Å². The summed E-state index contributed by atoms with van der Waals surface area (Å²) in [6, 6.07) is 6.59. The monoisotopic (exact) mass is 630 g/mol. The number of phenolic OH excluding ortho intramolecular Hbond substituents is 1. The average Bonchev–Trinajstić information content (AvgIpc) is 3.03. The van der Waals surface area contributed by atoms with Gasteiger partial charge < -0.3 is 47.7 Å². The van der Waals surface area contributed by atoms with Crippen LogP contribution in [-0.4, -0.2) is 117 Å². The Balaban J connectivity index is 1.62. The van der Waals surface area contributed by atoms with Gasteiger partial charge in [0.25, 0.3) is 0 Å². The van der Waals surface area contributed by atoms with Crippen LogP contribution in [0.1, 0.15) is 71.1 Å². The van der Waals surface area contributed by atoms with Crippen molar-refractivity contribution in [3.05, 3.63) is 24.3 Å². The smallest absolute Gasteiger partial charge is 0.119 e. The van der Waals surface area contributed by atoms with Gasteiger partial charge in [-0.15, -0.1) is 0 Å². The van der Waals surface area contributed by atoms with E-state index in [1.54, 1.807) is 24.3 Å². The molecule has 10 nitrogen and oxygen atoms in total. The van der Waals surface area contributed by atoms with Crippen LogP contribution in [0, 0.1) is 0 Å². The molecule has 0 unspecified atom stereocenters.